The molecule has 0 bridgehead atoms. The summed E-state index contributed by atoms with van der Waals surface area (Å²) in [6.07, 6.45) is 2.89. The fourth-order valence-electron chi connectivity index (χ4n) is 4.07. The molecule has 2 aliphatic rings. The Morgan fingerprint density at radius 2 is 2.06 bits per heavy atom. The Hall–Kier alpha value is -3.93. The zero-order chi connectivity index (χ0) is 24.9. The van der Waals surface area contributed by atoms with Crippen molar-refractivity contribution in [1.29, 1.82) is 5.41 Å². The van der Waals surface area contributed by atoms with Crippen LogP contribution in [0.1, 0.15) is 24.8 Å². The molecule has 0 unspecified atom stereocenters. The van der Waals surface area contributed by atoms with Crippen LogP contribution in [0.5, 0.6) is 11.5 Å². The fraction of sp³-hybridized carbons (Fsp3) is 0.261. The number of nitrogens with two attached hydrogens (primary N) is 1. The molecular formula is C23H22FN5O5S. The molecule has 0 saturated heterocycles. The lowest BCUT2D eigenvalue weighted by Crippen LogP contribution is -2.33. The van der Waals surface area contributed by atoms with E-state index in [4.69, 9.17) is 15.9 Å². The average molecular weight is 500 g/mol. The molecular weight excluding hydrogens is 477 g/mol. The van der Waals surface area contributed by atoms with Crippen molar-refractivity contribution < 1.29 is 22.7 Å². The molecule has 12 heteroatoms. The second-order valence-corrected chi connectivity index (χ2v) is 10.2. The Balaban J connectivity index is 1.63. The van der Waals surface area contributed by atoms with Crippen LogP contribution in [-0.2, 0) is 16.6 Å². The number of rotatable bonds is 7. The smallest absolute Gasteiger partial charge is 0.286 e. The molecule has 0 amide bonds. The molecule has 0 atom stereocenters. The van der Waals surface area contributed by atoms with Gasteiger partial charge in [0.1, 0.15) is 40.2 Å². The van der Waals surface area contributed by atoms with Crippen molar-refractivity contribution in [2.75, 3.05) is 11.9 Å². The van der Waals surface area contributed by atoms with E-state index in [0.29, 0.717) is 18.0 Å². The van der Waals surface area contributed by atoms with Crippen LogP contribution in [-0.4, -0.2) is 36.4 Å². The second kappa shape index (κ2) is 8.38. The van der Waals surface area contributed by atoms with E-state index in [2.05, 4.69) is 9.71 Å². The molecule has 2 heterocycles. The molecule has 1 aromatic heterocycles. The van der Waals surface area contributed by atoms with E-state index in [-0.39, 0.29) is 45.6 Å². The van der Waals surface area contributed by atoms with Crippen molar-refractivity contribution in [1.82, 2.24) is 4.57 Å². The number of amidine groups is 2. The van der Waals surface area contributed by atoms with Crippen LogP contribution in [0, 0.1) is 17.1 Å². The number of pyridine rings is 1. The third kappa shape index (κ3) is 4.32. The molecule has 1 aliphatic heterocycles. The summed E-state index contributed by atoms with van der Waals surface area (Å²) >= 11 is 0. The number of anilines is 1. The zero-order valence-corrected chi connectivity index (χ0v) is 19.2. The monoisotopic (exact) mass is 499 g/mol. The van der Waals surface area contributed by atoms with E-state index < -0.39 is 27.1 Å². The third-order valence-electron chi connectivity index (χ3n) is 5.98. The first-order valence-corrected chi connectivity index (χ1v) is 12.3. The van der Waals surface area contributed by atoms with Crippen LogP contribution in [0.25, 0.3) is 10.9 Å². The summed E-state index contributed by atoms with van der Waals surface area (Å²) in [5, 5.41) is 21.1. The predicted molar refractivity (Wildman–Crippen MR) is 128 cm³/mol. The minimum Gasteiger partial charge on any atom is -0.506 e. The topological polar surface area (TPSA) is 160 Å². The largest absolute Gasteiger partial charge is 0.506 e. The molecule has 1 saturated carbocycles. The highest BCUT2D eigenvalue weighted by molar-refractivity contribution is 7.90. The van der Waals surface area contributed by atoms with Crippen LogP contribution in [0.3, 0.4) is 0 Å². The Morgan fingerprint density at radius 3 is 2.77 bits per heavy atom. The summed E-state index contributed by atoms with van der Waals surface area (Å²) in [4.78, 5) is 13.3. The van der Waals surface area contributed by atoms with Gasteiger partial charge in [-0.1, -0.05) is 12.8 Å². The summed E-state index contributed by atoms with van der Waals surface area (Å²) in [5.41, 5.74) is 4.75. The third-order valence-corrected chi connectivity index (χ3v) is 7.30. The Kier molecular flexibility index (Phi) is 5.47. The van der Waals surface area contributed by atoms with Crippen molar-refractivity contribution in [3.05, 3.63) is 58.1 Å². The van der Waals surface area contributed by atoms with Gasteiger partial charge in [0, 0.05) is 18.0 Å². The van der Waals surface area contributed by atoms with Crippen molar-refractivity contribution >= 4 is 38.3 Å². The summed E-state index contributed by atoms with van der Waals surface area (Å²) in [7, 11) is -4.30. The predicted octanol–water partition coefficient (Wildman–Crippen LogP) is 2.52. The highest BCUT2D eigenvalue weighted by Gasteiger charge is 2.31. The van der Waals surface area contributed by atoms with Gasteiger partial charge in [0.2, 0.25) is 0 Å². The molecule has 2 aromatic carbocycles. The summed E-state index contributed by atoms with van der Waals surface area (Å²) in [6, 6.07) is 7.85. The number of aryl methyl sites for hydroxylation is 1. The van der Waals surface area contributed by atoms with Crippen molar-refractivity contribution in [2.45, 2.75) is 30.7 Å². The van der Waals surface area contributed by atoms with E-state index in [1.54, 1.807) is 0 Å². The highest BCUT2D eigenvalue weighted by Crippen LogP contribution is 2.36. The number of aromatic hydroxyl groups is 1. The quantitative estimate of drug-likeness (QED) is 0.287. The first kappa shape index (κ1) is 22.8. The molecule has 10 nitrogen and oxygen atoms in total. The van der Waals surface area contributed by atoms with Crippen molar-refractivity contribution in [3.63, 3.8) is 0 Å². The van der Waals surface area contributed by atoms with Crippen LogP contribution >= 0.6 is 0 Å². The van der Waals surface area contributed by atoms with Crippen LogP contribution in [0.2, 0.25) is 0 Å². The Labute approximate surface area is 199 Å². The van der Waals surface area contributed by atoms with Crippen LogP contribution < -0.4 is 21.3 Å². The van der Waals surface area contributed by atoms with Crippen LogP contribution in [0.15, 0.2) is 50.5 Å². The molecule has 1 aliphatic carbocycles. The van der Waals surface area contributed by atoms with Gasteiger partial charge in [-0.3, -0.25) is 10.2 Å². The number of sulfonamides is 1. The van der Waals surface area contributed by atoms with Crippen LogP contribution in [0.4, 0.5) is 10.1 Å². The molecule has 182 valence electrons. The lowest BCUT2D eigenvalue weighted by molar-refractivity contribution is 0.373. The number of nitrogens with one attached hydrogen (secondary N) is 2. The minimum atomic E-state index is -4.30. The second-order valence-electron chi connectivity index (χ2n) is 8.59. The molecule has 5 N–H and O–H groups in total. The van der Waals surface area contributed by atoms with Gasteiger partial charge in [0.25, 0.3) is 15.6 Å². The molecule has 3 aromatic rings. The van der Waals surface area contributed by atoms with E-state index in [0.717, 1.165) is 25.3 Å². The molecule has 0 radical (unpaired) electrons. The van der Waals surface area contributed by atoms with Gasteiger partial charge in [-0.2, -0.15) is 8.42 Å². The summed E-state index contributed by atoms with van der Waals surface area (Å²) < 4.78 is 50.5. The number of fused-ring (bicyclic) bond motifs is 2. The van der Waals surface area contributed by atoms with E-state index in [1.165, 1.54) is 34.9 Å². The fourth-order valence-corrected chi connectivity index (χ4v) is 5.20. The number of aromatic nitrogens is 1. The molecule has 5 rings (SSSR count). The zero-order valence-electron chi connectivity index (χ0n) is 18.4. The average Bonchev–Trinajstić information content (AvgIpc) is 3.62. The highest BCUT2D eigenvalue weighted by atomic mass is 32.2. The van der Waals surface area contributed by atoms with E-state index in [9.17, 15) is 22.7 Å². The lowest BCUT2D eigenvalue weighted by Gasteiger charge is -2.21. The first-order chi connectivity index (χ1) is 16.6. The van der Waals surface area contributed by atoms with Gasteiger partial charge in [0.15, 0.2) is 5.84 Å². The Bertz CT molecular complexity index is 1580. The SMILES string of the molecule is N=C(N)COc1ccc2c(c1)S(=O)(=O)N=C(c1c(O)c3cc(F)ccc3n(CCC3CC3)c1=O)N2. The number of nitrogens with zero attached hydrogens (tertiary/aromatic N) is 2. The van der Waals surface area contributed by atoms with Gasteiger partial charge in [-0.25, -0.2) is 4.39 Å². The number of halogens is 1. The maximum Gasteiger partial charge on any atom is 0.286 e. The minimum absolute atomic E-state index is 0.0797. The van der Waals surface area contributed by atoms with Gasteiger partial charge in [-0.15, -0.1) is 4.40 Å². The Morgan fingerprint density at radius 1 is 1.29 bits per heavy atom. The number of hydrogen-bond donors (Lipinski definition) is 4. The van der Waals surface area contributed by atoms with Gasteiger partial charge < -0.3 is 25.5 Å². The van der Waals surface area contributed by atoms with E-state index in [1.807, 2.05) is 0 Å². The van der Waals surface area contributed by atoms with Gasteiger partial charge >= 0.3 is 0 Å². The first-order valence-electron chi connectivity index (χ1n) is 10.9. The lowest BCUT2D eigenvalue weighted by atomic mass is 10.1. The van der Waals surface area contributed by atoms with Crippen molar-refractivity contribution in [2.24, 2.45) is 16.0 Å². The molecule has 0 spiro atoms. The standard InChI is InChI=1S/C23H22FN5O5S/c24-13-3-6-17-15(9-13)21(30)20(23(31)29(17)8-7-12-1-2-12)22-27-16-5-4-14(34-11-19(25)26)10-18(16)35(32,33)28-22/h3-6,9-10,12,30H,1-2,7-8,11H2,(H3,25,26)(H,27,28). The number of hydrogen-bond acceptors (Lipinski definition) is 7. The summed E-state index contributed by atoms with van der Waals surface area (Å²) in [5.74, 6) is -1.09. The van der Waals surface area contributed by atoms with Crippen molar-refractivity contribution in [3.8, 4) is 11.5 Å². The van der Waals surface area contributed by atoms with E-state index >= 15 is 0 Å². The summed E-state index contributed by atoms with van der Waals surface area (Å²) in [6.45, 7) is 0.120. The number of ether oxygens (including phenoxy) is 1. The number of benzene rings is 2. The van der Waals surface area contributed by atoms with Gasteiger partial charge in [-0.05, 0) is 42.7 Å². The maximum absolute atomic E-state index is 14.0. The molecule has 1 fully saturated rings. The van der Waals surface area contributed by atoms with Gasteiger partial charge in [0.05, 0.1) is 11.2 Å². The maximum atomic E-state index is 14.0. The normalized spacial score (nSPS) is 16.3. The molecule has 35 heavy (non-hydrogen) atoms.